The number of fused-ring (bicyclic) bond motifs is 5. The molecule has 4 fully saturated rings. The van der Waals surface area contributed by atoms with E-state index in [1.54, 1.807) is 0 Å². The molecule has 0 aromatic carbocycles. The lowest BCUT2D eigenvalue weighted by atomic mass is 9.33. The van der Waals surface area contributed by atoms with Crippen molar-refractivity contribution in [1.29, 1.82) is 0 Å². The summed E-state index contributed by atoms with van der Waals surface area (Å²) in [7, 11) is 0. The molecular weight excluding hydrogens is 504 g/mol. The van der Waals surface area contributed by atoms with Gasteiger partial charge in [-0.2, -0.15) is 0 Å². The van der Waals surface area contributed by atoms with Crippen molar-refractivity contribution in [3.8, 4) is 0 Å². The number of hydrogen-bond donors (Lipinski definition) is 0. The number of ether oxygens (including phenoxy) is 2. The lowest BCUT2D eigenvalue weighted by Gasteiger charge is -2.71. The molecule has 4 aliphatic rings. The first-order valence-electron chi connectivity index (χ1n) is 15.8. The number of hydrogen-bond acceptors (Lipinski definition) is 6. The summed E-state index contributed by atoms with van der Waals surface area (Å²) in [5.74, 6) is 0.627. The van der Waals surface area contributed by atoms with Gasteiger partial charge in [-0.3, -0.25) is 19.2 Å². The Morgan fingerprint density at radius 1 is 0.825 bits per heavy atom. The Bertz CT molecular complexity index is 1050. The molecule has 0 radical (unpaired) electrons. The predicted octanol–water partition coefficient (Wildman–Crippen LogP) is 7.11. The van der Waals surface area contributed by atoms with Gasteiger partial charge in [0.25, 0.3) is 0 Å². The fraction of sp³-hybridized carbons (Fsp3) is 0.882. The topological polar surface area (TPSA) is 86.7 Å². The minimum Gasteiger partial charge on any atom is -0.465 e. The highest BCUT2D eigenvalue weighted by atomic mass is 16.5. The summed E-state index contributed by atoms with van der Waals surface area (Å²) in [5, 5.41) is 0. The Balaban J connectivity index is 1.64. The van der Waals surface area contributed by atoms with Crippen LogP contribution < -0.4 is 0 Å². The van der Waals surface area contributed by atoms with Crippen LogP contribution in [-0.4, -0.2) is 36.2 Å². The van der Waals surface area contributed by atoms with Gasteiger partial charge < -0.3 is 9.47 Å². The Labute approximate surface area is 242 Å². The quantitative estimate of drug-likeness (QED) is 0.310. The van der Waals surface area contributed by atoms with Crippen LogP contribution in [0.15, 0.2) is 0 Å². The van der Waals surface area contributed by atoms with Gasteiger partial charge in [0.05, 0.1) is 5.41 Å². The molecule has 4 rings (SSSR count). The highest BCUT2D eigenvalue weighted by molar-refractivity contribution is 5.90. The van der Waals surface area contributed by atoms with Crippen LogP contribution in [0.2, 0.25) is 0 Å². The molecule has 6 nitrogen and oxygen atoms in total. The normalized spacial score (nSPS) is 42.3. The molecule has 226 valence electrons. The Morgan fingerprint density at radius 3 is 2.10 bits per heavy atom. The van der Waals surface area contributed by atoms with Gasteiger partial charge in [-0.15, -0.1) is 0 Å². The minimum atomic E-state index is -0.769. The fourth-order valence-corrected chi connectivity index (χ4v) is 10.5. The molecule has 0 aliphatic heterocycles. The summed E-state index contributed by atoms with van der Waals surface area (Å²) in [6.45, 7) is 18.7. The molecule has 4 aliphatic carbocycles. The summed E-state index contributed by atoms with van der Waals surface area (Å²) in [6.07, 6.45) is 8.29. The Morgan fingerprint density at radius 2 is 1.50 bits per heavy atom. The maximum atomic E-state index is 14.6. The molecule has 4 saturated carbocycles. The molecule has 0 saturated heterocycles. The van der Waals surface area contributed by atoms with Crippen LogP contribution >= 0.6 is 0 Å². The average Bonchev–Trinajstić information content (AvgIpc) is 2.85. The van der Waals surface area contributed by atoms with E-state index < -0.39 is 5.41 Å². The summed E-state index contributed by atoms with van der Waals surface area (Å²) < 4.78 is 11.4. The second-order valence-electron chi connectivity index (χ2n) is 15.6. The zero-order valence-corrected chi connectivity index (χ0v) is 26.6. The maximum absolute atomic E-state index is 14.6. The highest BCUT2D eigenvalue weighted by Crippen LogP contribution is 2.74. The zero-order chi connectivity index (χ0) is 29.9. The molecule has 0 aromatic heterocycles. The van der Waals surface area contributed by atoms with Gasteiger partial charge in [0.2, 0.25) is 0 Å². The van der Waals surface area contributed by atoms with E-state index >= 15 is 0 Å². The fourth-order valence-electron chi connectivity index (χ4n) is 10.5. The molecule has 0 bridgehead atoms. The van der Waals surface area contributed by atoms with Gasteiger partial charge in [0.15, 0.2) is 0 Å². The molecule has 8 atom stereocenters. The van der Waals surface area contributed by atoms with Crippen molar-refractivity contribution in [3.63, 3.8) is 0 Å². The first-order valence-corrected chi connectivity index (χ1v) is 15.8. The van der Waals surface area contributed by atoms with E-state index in [-0.39, 0.29) is 69.7 Å². The summed E-state index contributed by atoms with van der Waals surface area (Å²) in [4.78, 5) is 50.9. The van der Waals surface area contributed by atoms with E-state index in [1.165, 1.54) is 13.8 Å². The van der Waals surface area contributed by atoms with Crippen molar-refractivity contribution in [2.75, 3.05) is 6.61 Å². The van der Waals surface area contributed by atoms with Gasteiger partial charge in [0, 0.05) is 37.5 Å². The van der Waals surface area contributed by atoms with Gasteiger partial charge >= 0.3 is 11.9 Å². The van der Waals surface area contributed by atoms with Crippen LogP contribution in [0.3, 0.4) is 0 Å². The maximum Gasteiger partial charge on any atom is 0.302 e. The third kappa shape index (κ3) is 4.77. The van der Waals surface area contributed by atoms with Gasteiger partial charge in [-0.25, -0.2) is 0 Å². The molecular formula is C34H54O6. The van der Waals surface area contributed by atoms with Crippen LogP contribution in [0, 0.1) is 50.7 Å². The smallest absolute Gasteiger partial charge is 0.302 e. The van der Waals surface area contributed by atoms with Crippen LogP contribution in [0.1, 0.15) is 127 Å². The Hall–Kier alpha value is -1.72. The molecule has 0 heterocycles. The number of esters is 2. The first kappa shape index (κ1) is 31.2. The number of ketones is 2. The second-order valence-corrected chi connectivity index (χ2v) is 15.6. The minimum absolute atomic E-state index is 0.0164. The van der Waals surface area contributed by atoms with Crippen molar-refractivity contribution in [1.82, 2.24) is 0 Å². The largest absolute Gasteiger partial charge is 0.465 e. The third-order valence-corrected chi connectivity index (χ3v) is 13.1. The van der Waals surface area contributed by atoms with Crippen molar-refractivity contribution in [2.24, 2.45) is 50.7 Å². The molecule has 0 N–H and O–H groups in total. The zero-order valence-electron chi connectivity index (χ0n) is 26.6. The predicted molar refractivity (Wildman–Crippen MR) is 154 cm³/mol. The van der Waals surface area contributed by atoms with Crippen LogP contribution in [0.25, 0.3) is 0 Å². The van der Waals surface area contributed by atoms with E-state index in [9.17, 15) is 19.2 Å². The summed E-state index contributed by atoms with van der Waals surface area (Å²) >= 11 is 0. The van der Waals surface area contributed by atoms with Gasteiger partial charge in [-0.05, 0) is 85.9 Å². The van der Waals surface area contributed by atoms with Crippen LogP contribution in [0.4, 0.5) is 0 Å². The molecule has 0 spiro atoms. The van der Waals surface area contributed by atoms with Crippen molar-refractivity contribution < 1.29 is 28.7 Å². The Kier molecular flexibility index (Phi) is 8.22. The lowest BCUT2D eigenvalue weighted by Crippen LogP contribution is -2.67. The molecule has 0 unspecified atom stereocenters. The molecule has 0 amide bonds. The van der Waals surface area contributed by atoms with E-state index in [1.807, 2.05) is 13.8 Å². The number of Topliss-reactive ketones (excluding diaryl/α,β-unsaturated/α-hetero) is 2. The third-order valence-electron chi connectivity index (χ3n) is 13.1. The highest BCUT2D eigenvalue weighted by Gasteiger charge is 2.70. The van der Waals surface area contributed by atoms with Gasteiger partial charge in [-0.1, -0.05) is 48.5 Å². The summed E-state index contributed by atoms with van der Waals surface area (Å²) in [6, 6.07) is 0. The second kappa shape index (κ2) is 10.5. The number of carbonyl (C=O) groups excluding carboxylic acids is 4. The van der Waals surface area contributed by atoms with E-state index in [2.05, 4.69) is 34.6 Å². The first-order chi connectivity index (χ1) is 18.4. The summed E-state index contributed by atoms with van der Waals surface area (Å²) in [5.41, 5.74) is -0.862. The lowest BCUT2D eigenvalue weighted by molar-refractivity contribution is -0.237. The number of carbonyl (C=O) groups is 4. The van der Waals surface area contributed by atoms with Crippen molar-refractivity contribution in [2.45, 2.75) is 133 Å². The average molecular weight is 559 g/mol. The van der Waals surface area contributed by atoms with Crippen molar-refractivity contribution in [3.05, 3.63) is 0 Å². The van der Waals surface area contributed by atoms with Crippen molar-refractivity contribution >= 4 is 23.5 Å². The molecule has 40 heavy (non-hydrogen) atoms. The standard InChI is InChI=1S/C34H54O6/c1-21(2)25(37)12-17-34(20-39-22(3)35)19-18-32(8)24(29(34)38)10-11-27-31(7)15-14-28(40-23(4)36)30(5,6)26(31)13-16-33(27,32)9/h21,24,26-28H,10-20H2,1-9H3/t24-,26+,27-,28+,31+,32-,33-,34-/m1/s1. The van der Waals surface area contributed by atoms with Gasteiger partial charge in [0.1, 0.15) is 24.3 Å². The van der Waals surface area contributed by atoms with Crippen LogP contribution in [0.5, 0.6) is 0 Å². The van der Waals surface area contributed by atoms with E-state index in [0.717, 1.165) is 44.9 Å². The van der Waals surface area contributed by atoms with E-state index in [4.69, 9.17) is 9.47 Å². The molecule has 0 aromatic rings. The SMILES string of the molecule is CC(=O)OC[C@@]1(CCC(=O)C(C)C)CC[C@]2(C)[C@H](CC[C@@H]3[C@@]4(C)CC[C@H](OC(C)=O)C(C)(C)[C@@H]4CC[C@]32C)C1=O. The molecule has 6 heteroatoms. The monoisotopic (exact) mass is 558 g/mol. The van der Waals surface area contributed by atoms with E-state index in [0.29, 0.717) is 31.1 Å². The van der Waals surface area contributed by atoms with Crippen LogP contribution in [-0.2, 0) is 28.7 Å². The number of rotatable bonds is 7.